The predicted octanol–water partition coefficient (Wildman–Crippen LogP) is 4.96. The number of ether oxygens (including phenoxy) is 4. The number of benzene rings is 2. The molecule has 0 aliphatic heterocycles. The van der Waals surface area contributed by atoms with E-state index in [1.807, 2.05) is 0 Å². The van der Waals surface area contributed by atoms with Crippen LogP contribution in [0.1, 0.15) is 30.1 Å². The number of rotatable bonds is 16. The minimum atomic E-state index is -4.36. The molecule has 0 unspecified atom stereocenters. The van der Waals surface area contributed by atoms with Crippen molar-refractivity contribution in [3.05, 3.63) is 70.0 Å². The molecule has 0 saturated heterocycles. The fourth-order valence-electron chi connectivity index (χ4n) is 4.14. The van der Waals surface area contributed by atoms with Crippen molar-refractivity contribution in [3.8, 4) is 17.2 Å². The Kier molecular flexibility index (Phi) is 11.5. The average molecular weight is 725 g/mol. The van der Waals surface area contributed by atoms with Gasteiger partial charge in [-0.15, -0.1) is 0 Å². The number of hydrogen-bond acceptors (Lipinski definition) is 10. The van der Waals surface area contributed by atoms with Crippen molar-refractivity contribution >= 4 is 54.9 Å². The first-order valence-corrected chi connectivity index (χ1v) is 17.6. The van der Waals surface area contributed by atoms with Crippen LogP contribution in [0.3, 0.4) is 0 Å². The Morgan fingerprint density at radius 2 is 1.70 bits per heavy atom. The van der Waals surface area contributed by atoms with E-state index in [0.29, 0.717) is 11.1 Å². The van der Waals surface area contributed by atoms with E-state index in [1.165, 1.54) is 43.8 Å². The monoisotopic (exact) mass is 723 g/mol. The zero-order chi connectivity index (χ0) is 33.6. The van der Waals surface area contributed by atoms with Crippen LogP contribution in [0.5, 0.6) is 17.2 Å². The lowest BCUT2D eigenvalue weighted by Crippen LogP contribution is -2.31. The number of carbonyl (C=O) groups is 1. The van der Waals surface area contributed by atoms with Crippen molar-refractivity contribution < 1.29 is 49.4 Å². The number of hydrogen-bond donors (Lipinski definition) is 2. The molecular formula is C28H29Cl2F2N3O9S2. The van der Waals surface area contributed by atoms with Crippen LogP contribution < -0.4 is 23.7 Å². The molecule has 1 fully saturated rings. The molecule has 4 rings (SSSR count). The van der Waals surface area contributed by atoms with Crippen LogP contribution in [0, 0.1) is 5.92 Å². The maximum absolute atomic E-state index is 13.1. The molecule has 0 radical (unpaired) electrons. The summed E-state index contributed by atoms with van der Waals surface area (Å²) >= 11 is 12.6. The Labute approximate surface area is 274 Å². The third kappa shape index (κ3) is 10.0. The van der Waals surface area contributed by atoms with E-state index in [9.17, 15) is 30.4 Å². The molecule has 0 amide bonds. The SMILES string of the molecule is COc1ccc(S(=O)(=O)NCC(=O)O[C@@H](Cc2c(Cl)cncc2Cl)c2ccc(OC(F)F)c(OCC3CC3)c2)cc1NS(C)(=O)=O. The number of carbonyl (C=O) groups excluding carboxylic acids is 1. The summed E-state index contributed by atoms with van der Waals surface area (Å²) in [5.74, 6) is -0.905. The lowest BCUT2D eigenvalue weighted by Gasteiger charge is -2.22. The molecule has 1 aliphatic carbocycles. The summed E-state index contributed by atoms with van der Waals surface area (Å²) in [6, 6.07) is 7.44. The molecule has 1 saturated carbocycles. The maximum Gasteiger partial charge on any atom is 0.387 e. The standard InChI is InChI=1S/C28H29Cl2F2N3O9S2/c1-41-23-8-6-18(10-22(23)35-45(2,37)38)46(39,40)34-14-27(36)43-25(11-19-20(29)12-33-13-21(19)30)17-5-7-24(44-28(31)32)26(9-17)42-15-16-3-4-16/h5-10,12-13,16,25,28,34-35H,3-4,11,14-15H2,1-2H3/t25-/m0/s1. The highest BCUT2D eigenvalue weighted by Crippen LogP contribution is 2.38. The first-order valence-electron chi connectivity index (χ1n) is 13.5. The van der Waals surface area contributed by atoms with Crippen LogP contribution >= 0.6 is 23.2 Å². The highest BCUT2D eigenvalue weighted by Gasteiger charge is 2.27. The van der Waals surface area contributed by atoms with Crippen LogP contribution in [0.25, 0.3) is 0 Å². The summed E-state index contributed by atoms with van der Waals surface area (Å²) in [7, 11) is -6.87. The molecule has 1 atom stereocenters. The van der Waals surface area contributed by atoms with Crippen LogP contribution in [0.2, 0.25) is 10.0 Å². The van der Waals surface area contributed by atoms with Crippen LogP contribution in [-0.4, -0.2) is 60.9 Å². The van der Waals surface area contributed by atoms with Gasteiger partial charge in [-0.05, 0) is 60.2 Å². The zero-order valence-electron chi connectivity index (χ0n) is 24.3. The molecule has 3 aromatic rings. The van der Waals surface area contributed by atoms with Gasteiger partial charge in [0.15, 0.2) is 11.5 Å². The Hall–Kier alpha value is -3.44. The highest BCUT2D eigenvalue weighted by atomic mass is 35.5. The number of esters is 1. The highest BCUT2D eigenvalue weighted by molar-refractivity contribution is 7.92. The van der Waals surface area contributed by atoms with Gasteiger partial charge in [0.25, 0.3) is 0 Å². The van der Waals surface area contributed by atoms with E-state index >= 15 is 0 Å². The first-order chi connectivity index (χ1) is 21.6. The van der Waals surface area contributed by atoms with Crippen molar-refractivity contribution in [1.29, 1.82) is 0 Å². The topological polar surface area (TPSA) is 159 Å². The van der Waals surface area contributed by atoms with Crippen LogP contribution in [0.4, 0.5) is 14.5 Å². The average Bonchev–Trinajstić information content (AvgIpc) is 3.80. The van der Waals surface area contributed by atoms with Gasteiger partial charge in [0.1, 0.15) is 18.4 Å². The third-order valence-electron chi connectivity index (χ3n) is 6.53. The Balaban J connectivity index is 1.58. The van der Waals surface area contributed by atoms with E-state index in [4.69, 9.17) is 37.4 Å². The van der Waals surface area contributed by atoms with Gasteiger partial charge in [-0.2, -0.15) is 13.5 Å². The minimum Gasteiger partial charge on any atom is -0.495 e. The second kappa shape index (κ2) is 15.0. The summed E-state index contributed by atoms with van der Waals surface area (Å²) < 4.78 is 101. The number of nitrogens with one attached hydrogen (secondary N) is 2. The normalized spacial score (nSPS) is 14.1. The number of nitrogens with zero attached hydrogens (tertiary/aromatic N) is 1. The van der Waals surface area contributed by atoms with Crippen molar-refractivity contribution in [2.24, 2.45) is 5.92 Å². The number of sulfonamides is 2. The summed E-state index contributed by atoms with van der Waals surface area (Å²) in [4.78, 5) is 16.6. The maximum atomic E-state index is 13.1. The van der Waals surface area contributed by atoms with Crippen molar-refractivity contribution in [2.75, 3.05) is 31.2 Å². The lowest BCUT2D eigenvalue weighted by atomic mass is 10.0. The molecule has 1 heterocycles. The Morgan fingerprint density at radius 1 is 1.02 bits per heavy atom. The molecule has 1 aliphatic rings. The zero-order valence-corrected chi connectivity index (χ0v) is 27.5. The molecule has 0 bridgehead atoms. The van der Waals surface area contributed by atoms with Gasteiger partial charge >= 0.3 is 12.6 Å². The quantitative estimate of drug-likeness (QED) is 0.193. The number of aromatic nitrogens is 1. The van der Waals surface area contributed by atoms with Gasteiger partial charge in [0.05, 0.1) is 40.6 Å². The summed E-state index contributed by atoms with van der Waals surface area (Å²) in [5.41, 5.74) is 0.508. The fourth-order valence-corrected chi connectivity index (χ4v) is 6.21. The lowest BCUT2D eigenvalue weighted by molar-refractivity contribution is -0.148. The van der Waals surface area contributed by atoms with E-state index in [1.54, 1.807) is 0 Å². The number of anilines is 1. The molecule has 18 heteroatoms. The summed E-state index contributed by atoms with van der Waals surface area (Å²) in [6.45, 7) is -3.69. The Morgan fingerprint density at radius 3 is 2.30 bits per heavy atom. The van der Waals surface area contributed by atoms with E-state index < -0.39 is 45.3 Å². The smallest absolute Gasteiger partial charge is 0.387 e. The second-order valence-corrected chi connectivity index (χ2v) is 14.5. The largest absolute Gasteiger partial charge is 0.495 e. The van der Waals surface area contributed by atoms with Gasteiger partial charge in [-0.25, -0.2) is 16.8 Å². The summed E-state index contributed by atoms with van der Waals surface area (Å²) in [5, 5.41) is 0.324. The third-order valence-corrected chi connectivity index (χ3v) is 9.17. The second-order valence-electron chi connectivity index (χ2n) is 10.2. The minimum absolute atomic E-state index is 0.00335. The van der Waals surface area contributed by atoms with Crippen molar-refractivity contribution in [2.45, 2.75) is 36.9 Å². The van der Waals surface area contributed by atoms with E-state index in [0.717, 1.165) is 31.2 Å². The number of alkyl halides is 2. The van der Waals surface area contributed by atoms with Crippen molar-refractivity contribution in [1.82, 2.24) is 9.71 Å². The molecule has 12 nitrogen and oxygen atoms in total. The molecular weight excluding hydrogens is 695 g/mol. The van der Waals surface area contributed by atoms with Gasteiger partial charge < -0.3 is 18.9 Å². The molecule has 0 spiro atoms. The fraction of sp³-hybridized carbons (Fsp3) is 0.357. The first kappa shape index (κ1) is 35.4. The van der Waals surface area contributed by atoms with Crippen LogP contribution in [-0.2, 0) is 36.0 Å². The molecule has 2 aromatic carbocycles. The molecule has 2 N–H and O–H groups in total. The molecule has 250 valence electrons. The van der Waals surface area contributed by atoms with Gasteiger partial charge in [0.2, 0.25) is 20.0 Å². The molecule has 46 heavy (non-hydrogen) atoms. The van der Waals surface area contributed by atoms with E-state index in [-0.39, 0.29) is 56.8 Å². The number of methoxy groups -OCH3 is 1. The van der Waals surface area contributed by atoms with Crippen molar-refractivity contribution in [3.63, 3.8) is 0 Å². The summed E-state index contributed by atoms with van der Waals surface area (Å²) in [6.07, 6.45) is 4.17. The predicted molar refractivity (Wildman–Crippen MR) is 165 cm³/mol. The van der Waals surface area contributed by atoms with Gasteiger partial charge in [0, 0.05) is 18.8 Å². The van der Waals surface area contributed by atoms with Gasteiger partial charge in [-0.3, -0.25) is 14.5 Å². The van der Waals surface area contributed by atoms with E-state index in [2.05, 4.69) is 19.2 Å². The number of halogens is 4. The van der Waals surface area contributed by atoms with Gasteiger partial charge in [-0.1, -0.05) is 29.3 Å². The van der Waals surface area contributed by atoms with Crippen LogP contribution in [0.15, 0.2) is 53.7 Å². The molecule has 1 aromatic heterocycles. The number of pyridine rings is 1. The Bertz CT molecular complexity index is 1770.